The van der Waals surface area contributed by atoms with E-state index in [9.17, 15) is 0 Å². The quantitative estimate of drug-likeness (QED) is 0.427. The zero-order valence-electron chi connectivity index (χ0n) is 11.7. The summed E-state index contributed by atoms with van der Waals surface area (Å²) in [7, 11) is -1.56. The van der Waals surface area contributed by atoms with Crippen molar-refractivity contribution in [3.8, 4) is 0 Å². The van der Waals surface area contributed by atoms with Crippen molar-refractivity contribution >= 4 is 20.9 Å². The second kappa shape index (κ2) is 4.80. The minimum Gasteiger partial charge on any atom is -0.326 e. The standard InChI is InChI=1S/C12H29NSSi/c1-9-15(11(3,4)5,12(6,7)8)13-10(2)14/h10,13-14H,9H2,1-8H3. The molecule has 0 saturated heterocycles. The van der Waals surface area contributed by atoms with Crippen molar-refractivity contribution in [1.82, 2.24) is 4.98 Å². The van der Waals surface area contributed by atoms with E-state index in [4.69, 9.17) is 0 Å². The Bertz CT molecular complexity index is 187. The molecular formula is C12H29NSSi. The van der Waals surface area contributed by atoms with Crippen LogP contribution < -0.4 is 4.98 Å². The summed E-state index contributed by atoms with van der Waals surface area (Å²) in [6, 6.07) is 1.25. The lowest BCUT2D eigenvalue weighted by molar-refractivity contribution is 0.571. The number of thiol groups is 1. The highest BCUT2D eigenvalue weighted by molar-refractivity contribution is 7.80. The Kier molecular flexibility index (Phi) is 4.97. The van der Waals surface area contributed by atoms with E-state index in [1.807, 2.05) is 0 Å². The highest BCUT2D eigenvalue weighted by atomic mass is 32.1. The van der Waals surface area contributed by atoms with Crippen molar-refractivity contribution in [3.05, 3.63) is 0 Å². The average Bonchev–Trinajstić information content (AvgIpc) is 1.94. The number of hydrogen-bond donors (Lipinski definition) is 2. The van der Waals surface area contributed by atoms with Crippen LogP contribution in [0, 0.1) is 0 Å². The van der Waals surface area contributed by atoms with Crippen molar-refractivity contribution < 1.29 is 0 Å². The third-order valence-electron chi connectivity index (χ3n) is 3.55. The van der Waals surface area contributed by atoms with Gasteiger partial charge in [0.2, 0.25) is 0 Å². The summed E-state index contributed by atoms with van der Waals surface area (Å²) in [6.07, 6.45) is 0. The average molecular weight is 248 g/mol. The molecule has 0 spiro atoms. The maximum atomic E-state index is 4.53. The van der Waals surface area contributed by atoms with Crippen molar-refractivity contribution in [1.29, 1.82) is 0 Å². The third-order valence-corrected chi connectivity index (χ3v) is 11.0. The summed E-state index contributed by atoms with van der Waals surface area (Å²) in [4.78, 5) is 3.83. The molecule has 3 heteroatoms. The Morgan fingerprint density at radius 1 is 1.07 bits per heavy atom. The molecule has 1 unspecified atom stereocenters. The molecule has 0 bridgehead atoms. The normalized spacial score (nSPS) is 16.6. The Labute approximate surface area is 103 Å². The smallest absolute Gasteiger partial charge is 0.137 e. The summed E-state index contributed by atoms with van der Waals surface area (Å²) >= 11 is 4.53. The molecule has 0 aliphatic heterocycles. The maximum Gasteiger partial charge on any atom is 0.137 e. The predicted molar refractivity (Wildman–Crippen MR) is 77.2 cm³/mol. The largest absolute Gasteiger partial charge is 0.326 e. The van der Waals surface area contributed by atoms with Crippen LogP contribution in [0.5, 0.6) is 0 Å². The van der Waals surface area contributed by atoms with Gasteiger partial charge in [-0.1, -0.05) is 48.5 Å². The van der Waals surface area contributed by atoms with E-state index in [0.29, 0.717) is 10.1 Å². The first-order valence-electron chi connectivity index (χ1n) is 5.93. The Morgan fingerprint density at radius 2 is 1.40 bits per heavy atom. The molecule has 92 valence electrons. The van der Waals surface area contributed by atoms with Crippen molar-refractivity contribution in [3.63, 3.8) is 0 Å². The topological polar surface area (TPSA) is 12.0 Å². The molecule has 1 N–H and O–H groups in total. The number of nitrogens with one attached hydrogen (secondary N) is 1. The van der Waals surface area contributed by atoms with Crippen molar-refractivity contribution in [2.45, 2.75) is 76.9 Å². The number of rotatable bonds is 3. The molecule has 0 fully saturated rings. The van der Waals surface area contributed by atoms with Gasteiger partial charge in [0.25, 0.3) is 0 Å². The van der Waals surface area contributed by atoms with Crippen LogP contribution in [0.4, 0.5) is 0 Å². The summed E-state index contributed by atoms with van der Waals surface area (Å²) in [6.45, 7) is 18.7. The Morgan fingerprint density at radius 3 is 1.47 bits per heavy atom. The third kappa shape index (κ3) is 3.24. The van der Waals surface area contributed by atoms with Gasteiger partial charge in [0, 0.05) is 5.37 Å². The van der Waals surface area contributed by atoms with E-state index in [0.717, 1.165) is 0 Å². The number of hydrogen-bond acceptors (Lipinski definition) is 2. The molecule has 1 nitrogen and oxygen atoms in total. The molecule has 0 saturated carbocycles. The molecule has 1 atom stereocenters. The van der Waals surface area contributed by atoms with E-state index in [1.54, 1.807) is 0 Å². The molecule has 0 aliphatic rings. The molecule has 0 aliphatic carbocycles. The molecule has 0 radical (unpaired) electrons. The summed E-state index contributed by atoms with van der Waals surface area (Å²) in [5.41, 5.74) is 0. The van der Waals surface area contributed by atoms with Gasteiger partial charge in [0.05, 0.1) is 0 Å². The minimum absolute atomic E-state index is 0.287. The van der Waals surface area contributed by atoms with Crippen LogP contribution in [0.1, 0.15) is 55.4 Å². The van der Waals surface area contributed by atoms with Crippen LogP contribution in [0.3, 0.4) is 0 Å². The van der Waals surface area contributed by atoms with Gasteiger partial charge in [0.15, 0.2) is 0 Å². The second-order valence-corrected chi connectivity index (χ2v) is 13.2. The van der Waals surface area contributed by atoms with Crippen LogP contribution >= 0.6 is 12.6 Å². The highest BCUT2D eigenvalue weighted by Gasteiger charge is 2.51. The second-order valence-electron chi connectivity index (χ2n) is 6.58. The van der Waals surface area contributed by atoms with Crippen LogP contribution in [-0.4, -0.2) is 13.6 Å². The van der Waals surface area contributed by atoms with E-state index in [2.05, 4.69) is 73.0 Å². The fraction of sp³-hybridized carbons (Fsp3) is 1.00. The zero-order valence-corrected chi connectivity index (χ0v) is 13.6. The first kappa shape index (κ1) is 15.5. The lowest BCUT2D eigenvalue weighted by atomic mass is 10.2. The fourth-order valence-corrected chi connectivity index (χ4v) is 9.89. The lowest BCUT2D eigenvalue weighted by Crippen LogP contribution is -2.64. The first-order chi connectivity index (χ1) is 6.48. The summed E-state index contributed by atoms with van der Waals surface area (Å²) in [5.74, 6) is 0. The van der Waals surface area contributed by atoms with Gasteiger partial charge >= 0.3 is 0 Å². The van der Waals surface area contributed by atoms with E-state index < -0.39 is 8.24 Å². The molecule has 0 amide bonds. The van der Waals surface area contributed by atoms with Gasteiger partial charge in [-0.05, 0) is 23.0 Å². The van der Waals surface area contributed by atoms with Crippen LogP contribution in [-0.2, 0) is 0 Å². The van der Waals surface area contributed by atoms with Gasteiger partial charge in [0.1, 0.15) is 8.24 Å². The van der Waals surface area contributed by atoms with Crippen LogP contribution in [0.25, 0.3) is 0 Å². The van der Waals surface area contributed by atoms with Crippen LogP contribution in [0.2, 0.25) is 16.1 Å². The molecule has 0 aromatic rings. The molecule has 0 aromatic heterocycles. The lowest BCUT2D eigenvalue weighted by Gasteiger charge is -2.52. The monoisotopic (exact) mass is 247 g/mol. The van der Waals surface area contributed by atoms with Crippen molar-refractivity contribution in [2.24, 2.45) is 0 Å². The Balaban J connectivity index is 5.33. The van der Waals surface area contributed by atoms with Gasteiger partial charge in [-0.25, -0.2) is 0 Å². The van der Waals surface area contributed by atoms with Crippen LogP contribution in [0.15, 0.2) is 0 Å². The first-order valence-corrected chi connectivity index (χ1v) is 8.66. The van der Waals surface area contributed by atoms with E-state index in [-0.39, 0.29) is 5.37 Å². The minimum atomic E-state index is -1.56. The van der Waals surface area contributed by atoms with Gasteiger partial charge in [-0.15, -0.1) is 0 Å². The van der Waals surface area contributed by atoms with Gasteiger partial charge < -0.3 is 4.98 Å². The van der Waals surface area contributed by atoms with E-state index >= 15 is 0 Å². The highest BCUT2D eigenvalue weighted by Crippen LogP contribution is 2.51. The zero-order chi connectivity index (χ0) is 12.5. The molecular weight excluding hydrogens is 218 g/mol. The summed E-state index contributed by atoms with van der Waals surface area (Å²) in [5, 5.41) is 1.00. The molecule has 0 aromatic carbocycles. The van der Waals surface area contributed by atoms with Gasteiger partial charge in [-0.3, -0.25) is 0 Å². The maximum absolute atomic E-state index is 4.53. The predicted octanol–water partition coefficient (Wildman–Crippen LogP) is 4.42. The van der Waals surface area contributed by atoms with Crippen molar-refractivity contribution in [2.75, 3.05) is 0 Å². The fourth-order valence-electron chi connectivity index (χ4n) is 3.08. The van der Waals surface area contributed by atoms with E-state index in [1.165, 1.54) is 6.04 Å². The molecule has 0 rings (SSSR count). The van der Waals surface area contributed by atoms with Gasteiger partial charge in [-0.2, -0.15) is 12.6 Å². The molecule has 0 heterocycles. The SMILES string of the molecule is CC[Si](NC(C)S)(C(C)(C)C)C(C)(C)C. The Hall–Kier alpha value is 0.527. The molecule has 15 heavy (non-hydrogen) atoms. The summed E-state index contributed by atoms with van der Waals surface area (Å²) < 4.78 is 0.